The summed E-state index contributed by atoms with van der Waals surface area (Å²) in [5.74, 6) is 0.330. The highest BCUT2D eigenvalue weighted by Crippen LogP contribution is 2.27. The van der Waals surface area contributed by atoms with Gasteiger partial charge in [0.2, 0.25) is 11.9 Å². The second-order valence-electron chi connectivity index (χ2n) is 4.92. The van der Waals surface area contributed by atoms with Crippen LogP contribution in [0.5, 0.6) is 0 Å². The van der Waals surface area contributed by atoms with Gasteiger partial charge in [-0.2, -0.15) is 0 Å². The zero-order chi connectivity index (χ0) is 15.5. The van der Waals surface area contributed by atoms with Gasteiger partial charge in [-0.15, -0.1) is 0 Å². The van der Waals surface area contributed by atoms with Gasteiger partial charge < -0.3 is 0 Å². The van der Waals surface area contributed by atoms with Gasteiger partial charge in [-0.05, 0) is 18.2 Å². The molecule has 7 heteroatoms. The topological polar surface area (TPSA) is 76.1 Å². The van der Waals surface area contributed by atoms with Crippen molar-refractivity contribution in [2.24, 2.45) is 0 Å². The highest BCUT2D eigenvalue weighted by molar-refractivity contribution is 8.14. The van der Waals surface area contributed by atoms with Gasteiger partial charge in [0.05, 0.1) is 5.69 Å². The van der Waals surface area contributed by atoms with Gasteiger partial charge in [0, 0.05) is 49.3 Å². The summed E-state index contributed by atoms with van der Waals surface area (Å²) in [6.45, 7) is 1.97. The van der Waals surface area contributed by atoms with Crippen LogP contribution in [0.3, 0.4) is 0 Å². The van der Waals surface area contributed by atoms with E-state index in [0.29, 0.717) is 18.9 Å². The number of anilines is 1. The van der Waals surface area contributed by atoms with Crippen molar-refractivity contribution in [1.29, 1.82) is 0 Å². The van der Waals surface area contributed by atoms with Crippen molar-refractivity contribution in [3.05, 3.63) is 36.8 Å². The van der Waals surface area contributed by atoms with Crippen molar-refractivity contribution in [1.82, 2.24) is 15.0 Å². The molecule has 0 N–H and O–H groups in total. The van der Waals surface area contributed by atoms with Gasteiger partial charge in [0.25, 0.3) is 0 Å². The van der Waals surface area contributed by atoms with E-state index in [0.717, 1.165) is 11.3 Å². The molecule has 0 saturated carbocycles. The average molecular weight is 314 g/mol. The van der Waals surface area contributed by atoms with E-state index in [1.165, 1.54) is 18.7 Å². The molecular formula is C15H14N4O2S. The van der Waals surface area contributed by atoms with Crippen LogP contribution in [0.4, 0.5) is 5.95 Å². The number of hydrogen-bond acceptors (Lipinski definition) is 6. The number of aromatic nitrogens is 3. The third kappa shape index (κ3) is 3.14. The lowest BCUT2D eigenvalue weighted by atomic mass is 10.2. The number of nitrogens with zero attached hydrogens (tertiary/aromatic N) is 4. The molecule has 2 aromatic heterocycles. The Hall–Kier alpha value is -2.28. The van der Waals surface area contributed by atoms with Crippen LogP contribution in [0.15, 0.2) is 36.8 Å². The first kappa shape index (κ1) is 14.6. The SMILES string of the molecule is CC(=O)SC1CC(=O)N(c2nccc(-c3ccncc3)n2)C1. The summed E-state index contributed by atoms with van der Waals surface area (Å²) < 4.78 is 0. The summed E-state index contributed by atoms with van der Waals surface area (Å²) in [6.07, 6.45) is 5.36. The first-order valence-electron chi connectivity index (χ1n) is 6.84. The van der Waals surface area contributed by atoms with Gasteiger partial charge in [0.15, 0.2) is 5.12 Å². The summed E-state index contributed by atoms with van der Waals surface area (Å²) in [5.41, 5.74) is 1.66. The quantitative estimate of drug-likeness (QED) is 0.861. The van der Waals surface area contributed by atoms with Crippen LogP contribution in [0.25, 0.3) is 11.3 Å². The van der Waals surface area contributed by atoms with E-state index in [-0.39, 0.29) is 16.3 Å². The van der Waals surface area contributed by atoms with Crippen molar-refractivity contribution in [3.8, 4) is 11.3 Å². The Morgan fingerprint density at radius 2 is 2.05 bits per heavy atom. The fourth-order valence-electron chi connectivity index (χ4n) is 2.34. The molecule has 1 aliphatic heterocycles. The maximum atomic E-state index is 12.1. The van der Waals surface area contributed by atoms with E-state index in [4.69, 9.17) is 0 Å². The van der Waals surface area contributed by atoms with Crippen LogP contribution in [-0.4, -0.2) is 37.8 Å². The Morgan fingerprint density at radius 1 is 1.27 bits per heavy atom. The van der Waals surface area contributed by atoms with Crippen molar-refractivity contribution >= 4 is 28.7 Å². The van der Waals surface area contributed by atoms with E-state index in [9.17, 15) is 9.59 Å². The third-order valence-corrected chi connectivity index (χ3v) is 4.26. The van der Waals surface area contributed by atoms with Crippen LogP contribution >= 0.6 is 11.8 Å². The minimum absolute atomic E-state index is 0.0195. The molecule has 1 fully saturated rings. The van der Waals surface area contributed by atoms with Gasteiger partial charge >= 0.3 is 0 Å². The zero-order valence-corrected chi connectivity index (χ0v) is 12.8. The number of carbonyl (C=O) groups excluding carboxylic acids is 2. The molecule has 1 aliphatic rings. The molecule has 22 heavy (non-hydrogen) atoms. The number of amides is 1. The fraction of sp³-hybridized carbons (Fsp3) is 0.267. The Morgan fingerprint density at radius 3 is 2.77 bits per heavy atom. The van der Waals surface area contributed by atoms with E-state index in [1.54, 1.807) is 29.6 Å². The number of pyridine rings is 1. The summed E-state index contributed by atoms with van der Waals surface area (Å²) >= 11 is 1.20. The van der Waals surface area contributed by atoms with Crippen molar-refractivity contribution in [3.63, 3.8) is 0 Å². The maximum Gasteiger partial charge on any atom is 0.232 e. The maximum absolute atomic E-state index is 12.1. The molecule has 0 radical (unpaired) electrons. The third-order valence-electron chi connectivity index (χ3n) is 3.28. The molecule has 1 atom stereocenters. The molecule has 3 rings (SSSR count). The van der Waals surface area contributed by atoms with Crippen molar-refractivity contribution < 1.29 is 9.59 Å². The minimum Gasteiger partial charge on any atom is -0.288 e. The zero-order valence-electron chi connectivity index (χ0n) is 12.0. The molecule has 6 nitrogen and oxygen atoms in total. The van der Waals surface area contributed by atoms with E-state index < -0.39 is 0 Å². The summed E-state index contributed by atoms with van der Waals surface area (Å²) in [7, 11) is 0. The number of thioether (sulfide) groups is 1. The number of carbonyl (C=O) groups is 2. The smallest absolute Gasteiger partial charge is 0.232 e. The van der Waals surface area contributed by atoms with Crippen molar-refractivity contribution in [2.45, 2.75) is 18.6 Å². The fourth-order valence-corrected chi connectivity index (χ4v) is 3.26. The number of rotatable bonds is 3. The van der Waals surface area contributed by atoms with E-state index >= 15 is 0 Å². The van der Waals surface area contributed by atoms with Crippen LogP contribution < -0.4 is 4.90 Å². The summed E-state index contributed by atoms with van der Waals surface area (Å²) in [6, 6.07) is 5.50. The number of hydrogen-bond donors (Lipinski definition) is 0. The van der Waals surface area contributed by atoms with Crippen LogP contribution in [-0.2, 0) is 9.59 Å². The molecule has 0 aromatic carbocycles. The molecular weight excluding hydrogens is 300 g/mol. The van der Waals surface area contributed by atoms with Gasteiger partial charge in [-0.3, -0.25) is 19.5 Å². The van der Waals surface area contributed by atoms with Crippen molar-refractivity contribution in [2.75, 3.05) is 11.4 Å². The first-order chi connectivity index (χ1) is 10.6. The van der Waals surface area contributed by atoms with Gasteiger partial charge in [-0.1, -0.05) is 11.8 Å². The Labute approximate surface area is 132 Å². The molecule has 1 amide bonds. The van der Waals surface area contributed by atoms with Gasteiger partial charge in [-0.25, -0.2) is 9.97 Å². The second-order valence-corrected chi connectivity index (χ2v) is 6.39. The lowest BCUT2D eigenvalue weighted by Crippen LogP contribution is -2.27. The molecule has 3 heterocycles. The predicted octanol–water partition coefficient (Wildman–Crippen LogP) is 1.92. The van der Waals surface area contributed by atoms with Crippen LogP contribution in [0.1, 0.15) is 13.3 Å². The standard InChI is InChI=1S/C15H14N4O2S/c1-10(20)22-12-8-14(21)19(9-12)15-17-7-4-13(18-15)11-2-5-16-6-3-11/h2-7,12H,8-9H2,1H3. The van der Waals surface area contributed by atoms with Crippen LogP contribution in [0.2, 0.25) is 0 Å². The highest BCUT2D eigenvalue weighted by Gasteiger charge is 2.33. The molecule has 2 aromatic rings. The molecule has 1 unspecified atom stereocenters. The Bertz CT molecular complexity index is 708. The van der Waals surface area contributed by atoms with Crippen LogP contribution in [0, 0.1) is 0 Å². The largest absolute Gasteiger partial charge is 0.288 e. The highest BCUT2D eigenvalue weighted by atomic mass is 32.2. The van der Waals surface area contributed by atoms with Gasteiger partial charge in [0.1, 0.15) is 0 Å². The Kier molecular flexibility index (Phi) is 4.15. The normalized spacial score (nSPS) is 17.8. The lowest BCUT2D eigenvalue weighted by molar-refractivity contribution is -0.117. The molecule has 0 aliphatic carbocycles. The summed E-state index contributed by atoms with van der Waals surface area (Å²) in [4.78, 5) is 37.5. The van der Waals surface area contributed by atoms with E-state index in [1.807, 2.05) is 12.1 Å². The predicted molar refractivity (Wildman–Crippen MR) is 84.3 cm³/mol. The molecule has 112 valence electrons. The molecule has 0 bridgehead atoms. The second kappa shape index (κ2) is 6.23. The van der Waals surface area contributed by atoms with E-state index in [2.05, 4.69) is 15.0 Å². The average Bonchev–Trinajstić information content (AvgIpc) is 2.88. The Balaban J connectivity index is 1.84. The summed E-state index contributed by atoms with van der Waals surface area (Å²) in [5, 5.41) is -0.00992. The minimum atomic E-state index is -0.0503. The molecule has 1 saturated heterocycles. The first-order valence-corrected chi connectivity index (χ1v) is 7.72. The molecule has 0 spiro atoms. The lowest BCUT2D eigenvalue weighted by Gasteiger charge is -2.14. The monoisotopic (exact) mass is 314 g/mol.